The molecule has 2 amide bonds. The van der Waals surface area contributed by atoms with Gasteiger partial charge in [0.1, 0.15) is 5.60 Å². The van der Waals surface area contributed by atoms with Crippen molar-refractivity contribution in [3.63, 3.8) is 0 Å². The van der Waals surface area contributed by atoms with Crippen LogP contribution in [0, 0.1) is 0 Å². The minimum Gasteiger partial charge on any atom is -0.443 e. The van der Waals surface area contributed by atoms with Crippen LogP contribution in [0.3, 0.4) is 0 Å². The van der Waals surface area contributed by atoms with Crippen LogP contribution in [-0.4, -0.2) is 17.6 Å². The molecule has 0 unspecified atom stereocenters. The van der Waals surface area contributed by atoms with Crippen molar-refractivity contribution < 1.29 is 14.3 Å². The van der Waals surface area contributed by atoms with E-state index in [2.05, 4.69) is 10.9 Å². The van der Waals surface area contributed by atoms with Crippen molar-refractivity contribution in [3.05, 3.63) is 60.2 Å². The molecule has 0 saturated heterocycles. The molecular weight excluding hydrogens is 292 g/mol. The number of hydrazine groups is 1. The molecule has 2 rings (SSSR count). The number of hydrogen-bond donors (Lipinski definition) is 2. The number of hydrogen-bond acceptors (Lipinski definition) is 3. The molecule has 0 atom stereocenters. The van der Waals surface area contributed by atoms with Crippen LogP contribution in [-0.2, 0) is 4.74 Å². The first kappa shape index (κ1) is 16.5. The van der Waals surface area contributed by atoms with Crippen LogP contribution >= 0.6 is 0 Å². The van der Waals surface area contributed by atoms with E-state index in [0.717, 1.165) is 11.1 Å². The molecule has 0 spiro atoms. The van der Waals surface area contributed by atoms with Crippen LogP contribution in [0.4, 0.5) is 4.79 Å². The number of nitrogens with one attached hydrogen (secondary N) is 2. The van der Waals surface area contributed by atoms with Crippen molar-refractivity contribution in [2.45, 2.75) is 26.4 Å². The van der Waals surface area contributed by atoms with E-state index >= 15 is 0 Å². The minimum absolute atomic E-state index is 0.409. The summed E-state index contributed by atoms with van der Waals surface area (Å²) >= 11 is 0. The van der Waals surface area contributed by atoms with E-state index in [1.54, 1.807) is 39.0 Å². The maximum Gasteiger partial charge on any atom is 0.426 e. The number of carbonyl (C=O) groups excluding carboxylic acids is 2. The van der Waals surface area contributed by atoms with Gasteiger partial charge in [-0.2, -0.15) is 0 Å². The average Bonchev–Trinajstić information content (AvgIpc) is 2.52. The van der Waals surface area contributed by atoms with Gasteiger partial charge in [-0.15, -0.1) is 0 Å². The fraction of sp³-hybridized carbons (Fsp3) is 0.222. The van der Waals surface area contributed by atoms with E-state index in [1.807, 2.05) is 36.4 Å². The third kappa shape index (κ3) is 5.14. The normalized spacial score (nSPS) is 10.7. The standard InChI is InChI=1S/C18H20N2O3/c1-18(2,3)23-17(22)20-19-16(21)15-11-7-10-14(12-15)13-8-5-4-6-9-13/h4-12H,1-3H3,(H,19,21)(H,20,22). The van der Waals surface area contributed by atoms with E-state index < -0.39 is 17.6 Å². The summed E-state index contributed by atoms with van der Waals surface area (Å²) in [6.45, 7) is 5.24. The Morgan fingerprint density at radius 3 is 2.17 bits per heavy atom. The van der Waals surface area contributed by atoms with Crippen LogP contribution in [0.1, 0.15) is 31.1 Å². The number of amides is 2. The zero-order valence-electron chi connectivity index (χ0n) is 13.4. The maximum absolute atomic E-state index is 12.1. The minimum atomic E-state index is -0.704. The van der Waals surface area contributed by atoms with Gasteiger partial charge < -0.3 is 4.74 Å². The van der Waals surface area contributed by atoms with Crippen molar-refractivity contribution in [3.8, 4) is 11.1 Å². The maximum atomic E-state index is 12.1. The van der Waals surface area contributed by atoms with E-state index in [4.69, 9.17) is 4.74 Å². The van der Waals surface area contributed by atoms with Crippen molar-refractivity contribution >= 4 is 12.0 Å². The second kappa shape index (κ2) is 6.96. The monoisotopic (exact) mass is 312 g/mol. The van der Waals surface area contributed by atoms with Gasteiger partial charge in [0.2, 0.25) is 0 Å². The third-order valence-corrected chi connectivity index (χ3v) is 2.91. The lowest BCUT2D eigenvalue weighted by molar-refractivity contribution is 0.0483. The highest BCUT2D eigenvalue weighted by atomic mass is 16.6. The molecule has 23 heavy (non-hydrogen) atoms. The largest absolute Gasteiger partial charge is 0.443 e. The predicted molar refractivity (Wildman–Crippen MR) is 88.7 cm³/mol. The highest BCUT2D eigenvalue weighted by Crippen LogP contribution is 2.19. The molecule has 2 N–H and O–H groups in total. The summed E-state index contributed by atoms with van der Waals surface area (Å²) in [5.41, 5.74) is 6.34. The van der Waals surface area contributed by atoms with E-state index in [-0.39, 0.29) is 0 Å². The Labute approximate surface area is 135 Å². The Bertz CT molecular complexity index is 691. The Balaban J connectivity index is 2.02. The molecule has 2 aromatic carbocycles. The van der Waals surface area contributed by atoms with Crippen LogP contribution in [0.2, 0.25) is 0 Å². The van der Waals surface area contributed by atoms with Crippen molar-refractivity contribution in [1.82, 2.24) is 10.9 Å². The molecule has 0 aliphatic carbocycles. The zero-order chi connectivity index (χ0) is 16.9. The van der Waals surface area contributed by atoms with Gasteiger partial charge >= 0.3 is 6.09 Å². The fourth-order valence-corrected chi connectivity index (χ4v) is 1.95. The molecule has 5 heteroatoms. The molecule has 0 aliphatic rings. The average molecular weight is 312 g/mol. The molecule has 2 aromatic rings. The van der Waals surface area contributed by atoms with Gasteiger partial charge in [0.15, 0.2) is 0 Å². The van der Waals surface area contributed by atoms with Gasteiger partial charge in [-0.3, -0.25) is 10.2 Å². The van der Waals surface area contributed by atoms with Crippen LogP contribution < -0.4 is 10.9 Å². The molecule has 0 saturated carbocycles. The quantitative estimate of drug-likeness (QED) is 0.834. The molecule has 5 nitrogen and oxygen atoms in total. The third-order valence-electron chi connectivity index (χ3n) is 2.91. The summed E-state index contributed by atoms with van der Waals surface area (Å²) in [6, 6.07) is 16.9. The summed E-state index contributed by atoms with van der Waals surface area (Å²) in [5.74, 6) is -0.409. The molecule has 0 radical (unpaired) electrons. The first-order valence-electron chi connectivity index (χ1n) is 7.30. The number of rotatable bonds is 2. The van der Waals surface area contributed by atoms with Gasteiger partial charge in [-0.1, -0.05) is 42.5 Å². The number of ether oxygens (including phenoxy) is 1. The first-order chi connectivity index (χ1) is 10.8. The van der Waals surface area contributed by atoms with Crippen LogP contribution in [0.25, 0.3) is 11.1 Å². The van der Waals surface area contributed by atoms with Crippen molar-refractivity contribution in [2.24, 2.45) is 0 Å². The van der Waals surface area contributed by atoms with Gasteiger partial charge in [0, 0.05) is 5.56 Å². The predicted octanol–water partition coefficient (Wildman–Crippen LogP) is 3.52. The van der Waals surface area contributed by atoms with E-state index in [1.165, 1.54) is 0 Å². The summed E-state index contributed by atoms with van der Waals surface area (Å²) < 4.78 is 5.05. The van der Waals surface area contributed by atoms with Gasteiger partial charge in [0.05, 0.1) is 0 Å². The highest BCUT2D eigenvalue weighted by molar-refractivity contribution is 5.96. The molecule has 0 fully saturated rings. The molecular formula is C18H20N2O3. The number of benzene rings is 2. The molecule has 0 aliphatic heterocycles. The smallest absolute Gasteiger partial charge is 0.426 e. The Morgan fingerprint density at radius 2 is 1.52 bits per heavy atom. The second-order valence-electron chi connectivity index (χ2n) is 6.03. The van der Waals surface area contributed by atoms with Crippen molar-refractivity contribution in [2.75, 3.05) is 0 Å². The Kier molecular flexibility index (Phi) is 5.01. The molecule has 120 valence electrons. The summed E-state index contributed by atoms with van der Waals surface area (Å²) in [4.78, 5) is 23.7. The summed E-state index contributed by atoms with van der Waals surface area (Å²) in [6.07, 6.45) is -0.704. The van der Waals surface area contributed by atoms with Crippen LogP contribution in [0.15, 0.2) is 54.6 Å². The van der Waals surface area contributed by atoms with Gasteiger partial charge in [-0.25, -0.2) is 10.2 Å². The summed E-state index contributed by atoms with van der Waals surface area (Å²) in [5, 5.41) is 0. The lowest BCUT2D eigenvalue weighted by Gasteiger charge is -2.19. The van der Waals surface area contributed by atoms with E-state index in [9.17, 15) is 9.59 Å². The highest BCUT2D eigenvalue weighted by Gasteiger charge is 2.16. The number of carbonyl (C=O) groups is 2. The molecule has 0 bridgehead atoms. The fourth-order valence-electron chi connectivity index (χ4n) is 1.95. The first-order valence-corrected chi connectivity index (χ1v) is 7.30. The van der Waals surface area contributed by atoms with Gasteiger partial charge in [0.25, 0.3) is 5.91 Å². The van der Waals surface area contributed by atoms with Crippen molar-refractivity contribution in [1.29, 1.82) is 0 Å². The van der Waals surface area contributed by atoms with E-state index in [0.29, 0.717) is 5.56 Å². The lowest BCUT2D eigenvalue weighted by atomic mass is 10.0. The molecule has 0 aromatic heterocycles. The lowest BCUT2D eigenvalue weighted by Crippen LogP contribution is -2.44. The topological polar surface area (TPSA) is 67.4 Å². The Morgan fingerprint density at radius 1 is 0.870 bits per heavy atom. The zero-order valence-corrected chi connectivity index (χ0v) is 13.4. The van der Waals surface area contributed by atoms with Crippen LogP contribution in [0.5, 0.6) is 0 Å². The second-order valence-corrected chi connectivity index (χ2v) is 6.03. The Hall–Kier alpha value is -2.82. The van der Waals surface area contributed by atoms with Gasteiger partial charge in [-0.05, 0) is 44.0 Å². The summed E-state index contributed by atoms with van der Waals surface area (Å²) in [7, 11) is 0. The molecule has 0 heterocycles. The SMILES string of the molecule is CC(C)(C)OC(=O)NNC(=O)c1cccc(-c2ccccc2)c1.